The second-order valence-electron chi connectivity index (χ2n) is 6.17. The number of hydrogen-bond acceptors (Lipinski definition) is 4. The maximum Gasteiger partial charge on any atom is 0.262 e. The van der Waals surface area contributed by atoms with Gasteiger partial charge in [0, 0.05) is 6.54 Å². The molecule has 2 rings (SSSR count). The van der Waals surface area contributed by atoms with Crippen molar-refractivity contribution in [2.24, 2.45) is 5.92 Å². The molecule has 6 heteroatoms. The lowest BCUT2D eigenvalue weighted by atomic mass is 10.0. The number of ether oxygens (including phenoxy) is 1. The molecule has 2 saturated heterocycles. The van der Waals surface area contributed by atoms with Crippen LogP contribution in [0.1, 0.15) is 46.5 Å². The summed E-state index contributed by atoms with van der Waals surface area (Å²) in [6.45, 7) is 6.62. The summed E-state index contributed by atoms with van der Waals surface area (Å²) in [6.07, 6.45) is 2.24. The van der Waals surface area contributed by atoms with Crippen LogP contribution in [0.25, 0.3) is 0 Å². The standard InChI is InChI=1S/C15H24N2O4/c1-4-5-6-7-16-13(18)10(8-9(2)3)17-14(19)11-12(21-11)15(17)20/h9-12H,4-8H2,1-3H3,(H,16,18)/t10-,11-,12-/m0/s1. The van der Waals surface area contributed by atoms with Crippen molar-refractivity contribution in [3.8, 4) is 0 Å². The number of nitrogens with zero attached hydrogens (tertiary/aromatic N) is 1. The van der Waals surface area contributed by atoms with E-state index in [0.29, 0.717) is 13.0 Å². The van der Waals surface area contributed by atoms with E-state index in [2.05, 4.69) is 12.2 Å². The molecule has 3 atom stereocenters. The lowest BCUT2D eigenvalue weighted by Gasteiger charge is -2.27. The minimum atomic E-state index is -0.706. The number of hydrogen-bond donors (Lipinski definition) is 1. The molecule has 21 heavy (non-hydrogen) atoms. The van der Waals surface area contributed by atoms with Gasteiger partial charge >= 0.3 is 0 Å². The molecule has 2 aliphatic heterocycles. The van der Waals surface area contributed by atoms with Gasteiger partial charge in [-0.25, -0.2) is 0 Å². The van der Waals surface area contributed by atoms with Crippen LogP contribution in [0, 0.1) is 5.92 Å². The molecular weight excluding hydrogens is 272 g/mol. The second kappa shape index (κ2) is 6.56. The molecule has 0 unspecified atom stereocenters. The van der Waals surface area contributed by atoms with Crippen molar-refractivity contribution in [3.05, 3.63) is 0 Å². The van der Waals surface area contributed by atoms with E-state index in [1.807, 2.05) is 13.8 Å². The molecule has 2 aliphatic rings. The van der Waals surface area contributed by atoms with E-state index >= 15 is 0 Å². The van der Waals surface area contributed by atoms with Crippen molar-refractivity contribution in [1.82, 2.24) is 10.2 Å². The minimum Gasteiger partial charge on any atom is -0.354 e. The highest BCUT2D eigenvalue weighted by molar-refractivity contribution is 6.13. The average Bonchev–Trinajstić information content (AvgIpc) is 3.17. The van der Waals surface area contributed by atoms with Crippen molar-refractivity contribution < 1.29 is 19.1 Å². The second-order valence-corrected chi connectivity index (χ2v) is 6.17. The summed E-state index contributed by atoms with van der Waals surface area (Å²) in [5.41, 5.74) is 0. The quantitative estimate of drug-likeness (QED) is 0.409. The zero-order valence-electron chi connectivity index (χ0n) is 12.9. The molecule has 3 amide bonds. The third-order valence-corrected chi connectivity index (χ3v) is 3.84. The molecule has 1 N–H and O–H groups in total. The van der Waals surface area contributed by atoms with E-state index in [1.54, 1.807) is 0 Å². The topological polar surface area (TPSA) is 79.0 Å². The van der Waals surface area contributed by atoms with Crippen LogP contribution in [0.2, 0.25) is 0 Å². The number of nitrogens with one attached hydrogen (secondary N) is 1. The monoisotopic (exact) mass is 296 g/mol. The van der Waals surface area contributed by atoms with Crippen molar-refractivity contribution in [1.29, 1.82) is 0 Å². The summed E-state index contributed by atoms with van der Waals surface area (Å²) in [6, 6.07) is -0.706. The van der Waals surface area contributed by atoms with Gasteiger partial charge < -0.3 is 10.1 Å². The molecule has 2 fully saturated rings. The van der Waals surface area contributed by atoms with Gasteiger partial charge in [-0.3, -0.25) is 19.3 Å². The maximum atomic E-state index is 12.3. The minimum absolute atomic E-state index is 0.217. The normalized spacial score (nSPS) is 25.2. The lowest BCUT2D eigenvalue weighted by Crippen LogP contribution is -2.52. The molecule has 0 radical (unpaired) electrons. The predicted octanol–water partition coefficient (Wildman–Crippen LogP) is 0.844. The molecule has 0 aromatic rings. The van der Waals surface area contributed by atoms with Crippen molar-refractivity contribution in [2.75, 3.05) is 6.54 Å². The summed E-state index contributed by atoms with van der Waals surface area (Å²) < 4.78 is 4.98. The maximum absolute atomic E-state index is 12.3. The Balaban J connectivity index is 1.99. The van der Waals surface area contributed by atoms with Gasteiger partial charge in [-0.05, 0) is 18.8 Å². The average molecular weight is 296 g/mol. The predicted molar refractivity (Wildman–Crippen MR) is 76.3 cm³/mol. The van der Waals surface area contributed by atoms with E-state index < -0.39 is 18.2 Å². The highest BCUT2D eigenvalue weighted by Gasteiger charge is 2.63. The van der Waals surface area contributed by atoms with Crippen molar-refractivity contribution in [2.45, 2.75) is 64.7 Å². The zero-order valence-corrected chi connectivity index (χ0v) is 12.9. The van der Waals surface area contributed by atoms with E-state index in [0.717, 1.165) is 24.2 Å². The number of morpholine rings is 1. The molecule has 0 spiro atoms. The van der Waals surface area contributed by atoms with E-state index in [4.69, 9.17) is 4.74 Å². The van der Waals surface area contributed by atoms with Gasteiger partial charge in [0.2, 0.25) is 5.91 Å². The summed E-state index contributed by atoms with van der Waals surface area (Å²) in [7, 11) is 0. The van der Waals surface area contributed by atoms with Crippen LogP contribution in [0.5, 0.6) is 0 Å². The number of rotatable bonds is 8. The summed E-state index contributed by atoms with van der Waals surface area (Å²) in [5, 5.41) is 2.84. The van der Waals surface area contributed by atoms with Crippen molar-refractivity contribution >= 4 is 17.7 Å². The fourth-order valence-electron chi connectivity index (χ4n) is 2.66. The lowest BCUT2D eigenvalue weighted by molar-refractivity contribution is -0.152. The number of imide groups is 1. The Morgan fingerprint density at radius 2 is 1.86 bits per heavy atom. The van der Waals surface area contributed by atoms with Gasteiger partial charge in [-0.1, -0.05) is 33.6 Å². The number of epoxide rings is 1. The molecule has 2 heterocycles. The Hall–Kier alpha value is -1.43. The largest absolute Gasteiger partial charge is 0.354 e. The first-order valence-corrected chi connectivity index (χ1v) is 7.77. The van der Waals surface area contributed by atoms with Gasteiger partial charge in [-0.2, -0.15) is 0 Å². The molecule has 0 aromatic carbocycles. The molecule has 0 bridgehead atoms. The number of amides is 3. The smallest absolute Gasteiger partial charge is 0.262 e. The SMILES string of the molecule is CCCCCNC(=O)[C@H](CC(C)C)N1C(=O)[C@H]2O[C@@H]2C1=O. The van der Waals surface area contributed by atoms with Crippen LogP contribution in [-0.2, 0) is 19.1 Å². The van der Waals surface area contributed by atoms with Gasteiger partial charge in [0.05, 0.1) is 0 Å². The van der Waals surface area contributed by atoms with E-state index in [1.165, 1.54) is 0 Å². The Morgan fingerprint density at radius 3 is 2.38 bits per heavy atom. The van der Waals surface area contributed by atoms with Gasteiger partial charge in [0.15, 0.2) is 12.2 Å². The van der Waals surface area contributed by atoms with Crippen LogP contribution >= 0.6 is 0 Å². The van der Waals surface area contributed by atoms with Crippen molar-refractivity contribution in [3.63, 3.8) is 0 Å². The first-order valence-electron chi connectivity index (χ1n) is 7.77. The number of carbonyl (C=O) groups is 3. The van der Waals surface area contributed by atoms with Crippen LogP contribution in [0.3, 0.4) is 0 Å². The van der Waals surface area contributed by atoms with Crippen LogP contribution in [0.15, 0.2) is 0 Å². The Morgan fingerprint density at radius 1 is 1.24 bits per heavy atom. The molecule has 118 valence electrons. The van der Waals surface area contributed by atoms with Crippen LogP contribution in [-0.4, -0.2) is 47.4 Å². The van der Waals surface area contributed by atoms with Gasteiger partial charge in [-0.15, -0.1) is 0 Å². The summed E-state index contributed by atoms with van der Waals surface area (Å²) in [5.74, 6) is -0.739. The van der Waals surface area contributed by atoms with E-state index in [9.17, 15) is 14.4 Å². The van der Waals surface area contributed by atoms with Gasteiger partial charge in [0.1, 0.15) is 6.04 Å². The van der Waals surface area contributed by atoms with E-state index in [-0.39, 0.29) is 23.6 Å². The molecular formula is C15H24N2O4. The molecule has 0 aliphatic carbocycles. The summed E-state index contributed by atoms with van der Waals surface area (Å²) >= 11 is 0. The number of likely N-dealkylation sites (tertiary alicyclic amines) is 1. The molecule has 0 aromatic heterocycles. The highest BCUT2D eigenvalue weighted by Crippen LogP contribution is 2.35. The Labute approximate surface area is 125 Å². The Kier molecular flexibility index (Phi) is 4.98. The molecule has 0 saturated carbocycles. The molecule has 6 nitrogen and oxygen atoms in total. The third-order valence-electron chi connectivity index (χ3n) is 3.84. The number of unbranched alkanes of at least 4 members (excludes halogenated alkanes) is 2. The number of carbonyl (C=O) groups excluding carboxylic acids is 3. The Bertz CT molecular complexity index is 415. The third kappa shape index (κ3) is 3.43. The van der Waals surface area contributed by atoms with Gasteiger partial charge in [0.25, 0.3) is 11.8 Å². The first-order chi connectivity index (χ1) is 9.97. The van der Waals surface area contributed by atoms with Crippen LogP contribution < -0.4 is 5.32 Å². The van der Waals surface area contributed by atoms with Crippen LogP contribution in [0.4, 0.5) is 0 Å². The first kappa shape index (κ1) is 15.9. The highest BCUT2D eigenvalue weighted by atomic mass is 16.6. The zero-order chi connectivity index (χ0) is 15.6. The summed E-state index contributed by atoms with van der Waals surface area (Å²) in [4.78, 5) is 37.6. The fourth-order valence-corrected chi connectivity index (χ4v) is 2.66. The number of fused-ring (bicyclic) bond motifs is 1. The fraction of sp³-hybridized carbons (Fsp3) is 0.800.